The lowest BCUT2D eigenvalue weighted by Gasteiger charge is -2.06. The van der Waals surface area contributed by atoms with E-state index in [2.05, 4.69) is 121 Å². The molecule has 0 aromatic heterocycles. The molecule has 6 rings (SSSR count). The van der Waals surface area contributed by atoms with Gasteiger partial charge in [-0.05, 0) is 60.7 Å². The molecule has 6 heteroatoms. The molecule has 0 N–H and O–H groups in total. The fraction of sp³-hybridized carbons (Fsp3) is 0.176. The SMILES string of the molecule is O=C([O-])/C=C\C(=O)[O-].c1ccc([S+](c2ccccc2)C2CC2)cc1.c1ccc([S+](c2ccccc2)C2CC2)cc1. The molecule has 4 aromatic rings. The quantitative estimate of drug-likeness (QED) is 0.226. The minimum Gasteiger partial charge on any atom is -0.545 e. The van der Waals surface area contributed by atoms with Crippen LogP contribution in [0.1, 0.15) is 25.7 Å². The van der Waals surface area contributed by atoms with E-state index in [0.29, 0.717) is 33.9 Å². The number of rotatable bonds is 8. The van der Waals surface area contributed by atoms with Gasteiger partial charge in [0.25, 0.3) is 0 Å². The Hall–Kier alpha value is -3.74. The van der Waals surface area contributed by atoms with Gasteiger partial charge in [-0.25, -0.2) is 0 Å². The van der Waals surface area contributed by atoms with Crippen LogP contribution >= 0.6 is 0 Å². The molecule has 0 amide bonds. The lowest BCUT2D eigenvalue weighted by atomic mass is 10.4. The van der Waals surface area contributed by atoms with Crippen LogP contribution in [0.4, 0.5) is 0 Å². The van der Waals surface area contributed by atoms with Crippen molar-refractivity contribution in [2.24, 2.45) is 0 Å². The summed E-state index contributed by atoms with van der Waals surface area (Å²) in [6, 6.07) is 43.8. The summed E-state index contributed by atoms with van der Waals surface area (Å²) in [6.45, 7) is 0. The fourth-order valence-corrected chi connectivity index (χ4v) is 9.15. The zero-order valence-electron chi connectivity index (χ0n) is 22.1. The number of carbonyl (C=O) groups excluding carboxylic acids is 2. The topological polar surface area (TPSA) is 80.3 Å². The van der Waals surface area contributed by atoms with Crippen LogP contribution in [-0.4, -0.2) is 22.4 Å². The molecule has 0 aliphatic heterocycles. The van der Waals surface area contributed by atoms with Gasteiger partial charge in [0, 0.05) is 25.7 Å². The van der Waals surface area contributed by atoms with E-state index in [1.165, 1.54) is 45.3 Å². The van der Waals surface area contributed by atoms with Crippen LogP contribution in [0.5, 0.6) is 0 Å². The summed E-state index contributed by atoms with van der Waals surface area (Å²) < 4.78 is 0. The van der Waals surface area contributed by atoms with Crippen molar-refractivity contribution in [3.8, 4) is 0 Å². The van der Waals surface area contributed by atoms with Crippen molar-refractivity contribution in [1.82, 2.24) is 0 Å². The molecular weight excluding hydrogens is 537 g/mol. The van der Waals surface area contributed by atoms with Gasteiger partial charge in [-0.1, -0.05) is 72.8 Å². The van der Waals surface area contributed by atoms with Gasteiger partial charge in [-0.3, -0.25) is 0 Å². The molecule has 0 saturated heterocycles. The molecule has 4 aromatic carbocycles. The average molecular weight is 569 g/mol. The van der Waals surface area contributed by atoms with Crippen molar-refractivity contribution in [3.63, 3.8) is 0 Å². The van der Waals surface area contributed by atoms with Gasteiger partial charge >= 0.3 is 0 Å². The third kappa shape index (κ3) is 9.47. The Bertz CT molecular complexity index is 1170. The second kappa shape index (κ2) is 15.2. The summed E-state index contributed by atoms with van der Waals surface area (Å²) in [5, 5.41) is 20.6. The Labute approximate surface area is 242 Å². The molecule has 0 heterocycles. The van der Waals surface area contributed by atoms with E-state index in [0.717, 1.165) is 10.5 Å². The van der Waals surface area contributed by atoms with E-state index in [1.54, 1.807) is 0 Å². The highest BCUT2D eigenvalue weighted by molar-refractivity contribution is 7.98. The van der Waals surface area contributed by atoms with Crippen LogP contribution < -0.4 is 10.2 Å². The normalized spacial score (nSPS) is 14.2. The Balaban J connectivity index is 0.000000148. The monoisotopic (exact) mass is 568 g/mol. The maximum Gasteiger partial charge on any atom is 0.160 e. The summed E-state index contributed by atoms with van der Waals surface area (Å²) in [5.74, 6) is -3.09. The van der Waals surface area contributed by atoms with Crippen molar-refractivity contribution in [1.29, 1.82) is 0 Å². The molecule has 0 atom stereocenters. The largest absolute Gasteiger partial charge is 0.545 e. The lowest BCUT2D eigenvalue weighted by Crippen LogP contribution is -2.23. The number of hydrogen-bond acceptors (Lipinski definition) is 4. The maximum absolute atomic E-state index is 9.41. The predicted octanol–water partition coefficient (Wildman–Crippen LogP) is 4.81. The number of aliphatic carboxylic acids is 2. The van der Waals surface area contributed by atoms with Crippen molar-refractivity contribution < 1.29 is 19.8 Å². The highest BCUT2D eigenvalue weighted by Gasteiger charge is 2.44. The summed E-state index contributed by atoms with van der Waals surface area (Å²) in [7, 11) is 0.616. The number of hydrogen-bond donors (Lipinski definition) is 0. The third-order valence-corrected chi connectivity index (χ3v) is 11.5. The fourth-order valence-electron chi connectivity index (χ4n) is 4.05. The molecule has 0 unspecified atom stereocenters. The zero-order valence-corrected chi connectivity index (χ0v) is 23.8. The van der Waals surface area contributed by atoms with E-state index in [-0.39, 0.29) is 0 Å². The first-order valence-corrected chi connectivity index (χ1v) is 15.9. The summed E-state index contributed by atoms with van der Waals surface area (Å²) >= 11 is 0. The first-order chi connectivity index (χ1) is 19.5. The van der Waals surface area contributed by atoms with Crippen LogP contribution in [-0.2, 0) is 31.4 Å². The summed E-state index contributed by atoms with van der Waals surface area (Å²) in [6.07, 6.45) is 6.35. The lowest BCUT2D eigenvalue weighted by molar-refractivity contribution is -0.301. The molecule has 40 heavy (non-hydrogen) atoms. The van der Waals surface area contributed by atoms with Crippen LogP contribution in [0.15, 0.2) is 153 Å². The van der Waals surface area contributed by atoms with Gasteiger partial charge in [0.2, 0.25) is 0 Å². The molecule has 2 aliphatic rings. The molecule has 0 radical (unpaired) electrons. The van der Waals surface area contributed by atoms with E-state index < -0.39 is 11.9 Å². The Morgan fingerprint density at radius 2 is 0.700 bits per heavy atom. The number of carbonyl (C=O) groups is 2. The number of carboxylic acids is 2. The highest BCUT2D eigenvalue weighted by atomic mass is 32.2. The third-order valence-electron chi connectivity index (χ3n) is 6.06. The number of benzene rings is 4. The molecule has 2 saturated carbocycles. The molecular formula is C34H32O4S2. The van der Waals surface area contributed by atoms with Crippen molar-refractivity contribution >= 4 is 33.7 Å². The minimum atomic E-state index is -1.55. The van der Waals surface area contributed by atoms with Gasteiger partial charge in [0.05, 0.1) is 33.7 Å². The van der Waals surface area contributed by atoms with Crippen molar-refractivity contribution in [3.05, 3.63) is 133 Å². The molecule has 204 valence electrons. The van der Waals surface area contributed by atoms with Gasteiger partial charge in [0.15, 0.2) is 19.6 Å². The number of carboxylic acid groups (broad SMARTS) is 2. The van der Waals surface area contributed by atoms with E-state index >= 15 is 0 Å². The van der Waals surface area contributed by atoms with Gasteiger partial charge in [-0.15, -0.1) is 0 Å². The van der Waals surface area contributed by atoms with Gasteiger partial charge < -0.3 is 19.8 Å². The Morgan fingerprint density at radius 3 is 0.875 bits per heavy atom. The van der Waals surface area contributed by atoms with Crippen LogP contribution in [0.25, 0.3) is 0 Å². The van der Waals surface area contributed by atoms with Crippen LogP contribution in [0.3, 0.4) is 0 Å². The standard InChI is InChI=1S/2C15H15S.C4H4O4/c2*1-3-7-13(8-4-1)16(15-11-12-15)14-9-5-2-6-10-14;5-3(6)1-2-4(7)8/h2*1-10,15H,11-12H2;1-2H,(H,5,6)(H,7,8)/q2*+1;/p-2/b;;2-1-. The second-order valence-corrected chi connectivity index (χ2v) is 13.9. The highest BCUT2D eigenvalue weighted by Crippen LogP contribution is 2.40. The smallest absolute Gasteiger partial charge is 0.160 e. The van der Waals surface area contributed by atoms with Crippen LogP contribution in [0.2, 0.25) is 0 Å². The molecule has 0 bridgehead atoms. The van der Waals surface area contributed by atoms with E-state index in [9.17, 15) is 19.8 Å². The average Bonchev–Trinajstić information content (AvgIpc) is 3.92. The van der Waals surface area contributed by atoms with E-state index in [4.69, 9.17) is 0 Å². The van der Waals surface area contributed by atoms with Gasteiger partial charge in [-0.2, -0.15) is 0 Å². The van der Waals surface area contributed by atoms with Gasteiger partial charge in [0.1, 0.15) is 10.5 Å². The maximum atomic E-state index is 9.41. The van der Waals surface area contributed by atoms with Crippen molar-refractivity contribution in [2.75, 3.05) is 0 Å². The molecule has 2 aliphatic carbocycles. The second-order valence-electron chi connectivity index (χ2n) is 9.30. The molecule has 4 nitrogen and oxygen atoms in total. The van der Waals surface area contributed by atoms with Crippen LogP contribution in [0, 0.1) is 0 Å². The minimum absolute atomic E-state index is 0.308. The zero-order chi connectivity index (χ0) is 28.2. The predicted molar refractivity (Wildman–Crippen MR) is 159 cm³/mol. The Kier molecular flexibility index (Phi) is 11.1. The summed E-state index contributed by atoms with van der Waals surface area (Å²) in [4.78, 5) is 24.8. The molecule has 0 spiro atoms. The Morgan fingerprint density at radius 1 is 0.475 bits per heavy atom. The first kappa shape index (κ1) is 29.2. The van der Waals surface area contributed by atoms with E-state index in [1.807, 2.05) is 0 Å². The van der Waals surface area contributed by atoms with Crippen molar-refractivity contribution in [2.45, 2.75) is 55.8 Å². The summed E-state index contributed by atoms with van der Waals surface area (Å²) in [5.41, 5.74) is 0. The molecule has 2 fully saturated rings. The first-order valence-electron chi connectivity index (χ1n) is 13.3.